The Morgan fingerprint density at radius 3 is 1.13 bits per heavy atom. The quantitative estimate of drug-likeness (QED) is 0.566. The van der Waals surface area contributed by atoms with Gasteiger partial charge >= 0.3 is 0 Å². The van der Waals surface area contributed by atoms with Crippen molar-refractivity contribution in [2.45, 2.75) is 79.6 Å². The first-order valence-corrected chi connectivity index (χ1v) is 7.13. The second-order valence-electron chi connectivity index (χ2n) is 5.46. The maximum Gasteiger partial charge on any atom is -0.0422 e. The van der Waals surface area contributed by atoms with Crippen molar-refractivity contribution in [3.63, 3.8) is 0 Å². The largest absolute Gasteiger partial charge is 0.0651 e. The van der Waals surface area contributed by atoms with Gasteiger partial charge in [-0.25, -0.2) is 0 Å². The summed E-state index contributed by atoms with van der Waals surface area (Å²) in [5.41, 5.74) is 0. The lowest BCUT2D eigenvalue weighted by molar-refractivity contribution is 0.308. The third kappa shape index (κ3) is 7.88. The summed E-state index contributed by atoms with van der Waals surface area (Å²) in [6.45, 7) is 11.5. The summed E-state index contributed by atoms with van der Waals surface area (Å²) >= 11 is 0. The molecule has 0 aromatic rings. The minimum atomic E-state index is 0.986. The molecule has 92 valence electrons. The molecule has 0 aromatic heterocycles. The van der Waals surface area contributed by atoms with Crippen molar-refractivity contribution in [3.05, 3.63) is 0 Å². The molecule has 0 bridgehead atoms. The van der Waals surface area contributed by atoms with Gasteiger partial charge in [0.2, 0.25) is 0 Å². The van der Waals surface area contributed by atoms with E-state index >= 15 is 0 Å². The van der Waals surface area contributed by atoms with Crippen LogP contribution in [-0.2, 0) is 0 Å². The van der Waals surface area contributed by atoms with Crippen molar-refractivity contribution in [1.82, 2.24) is 0 Å². The Balaban J connectivity index is 0.000000265. The van der Waals surface area contributed by atoms with E-state index in [4.69, 9.17) is 0 Å². The van der Waals surface area contributed by atoms with Gasteiger partial charge in [0.05, 0.1) is 0 Å². The van der Waals surface area contributed by atoms with Crippen molar-refractivity contribution in [3.8, 4) is 0 Å². The zero-order chi connectivity index (χ0) is 11.7. The van der Waals surface area contributed by atoms with Crippen LogP contribution in [0.5, 0.6) is 0 Å². The van der Waals surface area contributed by atoms with Gasteiger partial charge in [-0.1, -0.05) is 79.6 Å². The maximum absolute atomic E-state index is 2.37. The molecular formula is C15H32. The van der Waals surface area contributed by atoms with E-state index in [-0.39, 0.29) is 0 Å². The summed E-state index contributed by atoms with van der Waals surface area (Å²) in [6.07, 6.45) is 9.96. The van der Waals surface area contributed by atoms with E-state index in [9.17, 15) is 0 Å². The van der Waals surface area contributed by atoms with Crippen LogP contribution < -0.4 is 0 Å². The minimum Gasteiger partial charge on any atom is -0.0651 e. The second-order valence-corrected chi connectivity index (χ2v) is 5.46. The molecule has 0 aliphatic heterocycles. The highest BCUT2D eigenvalue weighted by molar-refractivity contribution is 4.65. The highest BCUT2D eigenvalue weighted by Crippen LogP contribution is 2.27. The van der Waals surface area contributed by atoms with Crippen LogP contribution in [0.15, 0.2) is 0 Å². The normalized spacial score (nSPS) is 26.0. The fourth-order valence-electron chi connectivity index (χ4n) is 2.29. The predicted molar refractivity (Wildman–Crippen MR) is 71.2 cm³/mol. The molecule has 0 N–H and O–H groups in total. The van der Waals surface area contributed by atoms with Crippen LogP contribution >= 0.6 is 0 Å². The summed E-state index contributed by atoms with van der Waals surface area (Å²) in [5, 5.41) is 0. The first kappa shape index (κ1) is 15.0. The molecule has 1 rings (SSSR count). The molecule has 0 saturated heterocycles. The lowest BCUT2D eigenvalue weighted by atomic mass is 9.84. The van der Waals surface area contributed by atoms with E-state index in [0.29, 0.717) is 0 Å². The summed E-state index contributed by atoms with van der Waals surface area (Å²) in [6, 6.07) is 0. The van der Waals surface area contributed by atoms with Crippen LogP contribution in [0.2, 0.25) is 0 Å². The van der Waals surface area contributed by atoms with Gasteiger partial charge in [0.1, 0.15) is 0 Å². The van der Waals surface area contributed by atoms with E-state index in [1.54, 1.807) is 0 Å². The van der Waals surface area contributed by atoms with E-state index < -0.39 is 0 Å². The summed E-state index contributed by atoms with van der Waals surface area (Å²) < 4.78 is 0. The lowest BCUT2D eigenvalue weighted by Gasteiger charge is -2.22. The van der Waals surface area contributed by atoms with E-state index in [1.165, 1.54) is 44.9 Å². The molecule has 15 heavy (non-hydrogen) atoms. The molecule has 0 heteroatoms. The SMILES string of the molecule is CC1CCC(C)CC1.CCC(CC)CC. The van der Waals surface area contributed by atoms with Gasteiger partial charge in [-0.2, -0.15) is 0 Å². The molecule has 0 radical (unpaired) electrons. The standard InChI is InChI=1S/C8H16.C7H16/c1-7-3-5-8(2)6-4-7;1-4-7(5-2)6-3/h7-8H,3-6H2,1-2H3;7H,4-6H2,1-3H3. The minimum absolute atomic E-state index is 0.986. The Morgan fingerprint density at radius 1 is 0.733 bits per heavy atom. The van der Waals surface area contributed by atoms with E-state index in [2.05, 4.69) is 34.6 Å². The molecule has 0 spiro atoms. The lowest BCUT2D eigenvalue weighted by Crippen LogP contribution is -2.08. The molecular weight excluding hydrogens is 180 g/mol. The van der Waals surface area contributed by atoms with Crippen LogP contribution in [0, 0.1) is 17.8 Å². The van der Waals surface area contributed by atoms with Crippen LogP contribution in [0.1, 0.15) is 79.6 Å². The number of rotatable bonds is 3. The third-order valence-electron chi connectivity index (χ3n) is 4.04. The fraction of sp³-hybridized carbons (Fsp3) is 1.00. The molecule has 0 aromatic carbocycles. The summed E-state index contributed by atoms with van der Waals surface area (Å²) in [7, 11) is 0. The van der Waals surface area contributed by atoms with Gasteiger partial charge < -0.3 is 0 Å². The third-order valence-corrected chi connectivity index (χ3v) is 4.04. The number of hydrogen-bond acceptors (Lipinski definition) is 0. The van der Waals surface area contributed by atoms with Gasteiger partial charge in [-0.15, -0.1) is 0 Å². The van der Waals surface area contributed by atoms with E-state index in [1.807, 2.05) is 0 Å². The van der Waals surface area contributed by atoms with Crippen molar-refractivity contribution in [1.29, 1.82) is 0 Å². The molecule has 1 saturated carbocycles. The molecule has 0 amide bonds. The van der Waals surface area contributed by atoms with Crippen molar-refractivity contribution in [2.24, 2.45) is 17.8 Å². The Morgan fingerprint density at radius 2 is 1.00 bits per heavy atom. The Kier molecular flexibility index (Phi) is 9.24. The number of hydrogen-bond donors (Lipinski definition) is 0. The fourth-order valence-corrected chi connectivity index (χ4v) is 2.29. The zero-order valence-electron chi connectivity index (χ0n) is 11.7. The topological polar surface area (TPSA) is 0 Å². The van der Waals surface area contributed by atoms with Gasteiger partial charge in [0, 0.05) is 0 Å². The zero-order valence-corrected chi connectivity index (χ0v) is 11.7. The Hall–Kier alpha value is 0. The van der Waals surface area contributed by atoms with Gasteiger partial charge in [-0.3, -0.25) is 0 Å². The summed E-state index contributed by atoms with van der Waals surface area (Å²) in [4.78, 5) is 0. The second kappa shape index (κ2) is 9.24. The van der Waals surface area contributed by atoms with Crippen LogP contribution in [-0.4, -0.2) is 0 Å². The maximum atomic E-state index is 2.37. The highest BCUT2D eigenvalue weighted by atomic mass is 14.2. The summed E-state index contributed by atoms with van der Waals surface area (Å²) in [5.74, 6) is 3.03. The molecule has 0 nitrogen and oxygen atoms in total. The monoisotopic (exact) mass is 212 g/mol. The Bertz CT molecular complexity index is 100. The Labute approximate surface area is 97.8 Å². The predicted octanol–water partition coefficient (Wildman–Crippen LogP) is 5.67. The highest BCUT2D eigenvalue weighted by Gasteiger charge is 2.13. The van der Waals surface area contributed by atoms with E-state index in [0.717, 1.165) is 17.8 Å². The van der Waals surface area contributed by atoms with Crippen LogP contribution in [0.3, 0.4) is 0 Å². The molecule has 1 aliphatic carbocycles. The molecule has 0 heterocycles. The van der Waals surface area contributed by atoms with Crippen molar-refractivity contribution in [2.75, 3.05) is 0 Å². The van der Waals surface area contributed by atoms with Crippen molar-refractivity contribution >= 4 is 0 Å². The van der Waals surface area contributed by atoms with Gasteiger partial charge in [0.25, 0.3) is 0 Å². The smallest absolute Gasteiger partial charge is 0.0422 e. The average molecular weight is 212 g/mol. The van der Waals surface area contributed by atoms with Gasteiger partial charge in [-0.05, 0) is 17.8 Å². The van der Waals surface area contributed by atoms with Crippen LogP contribution in [0.25, 0.3) is 0 Å². The first-order chi connectivity index (χ1) is 7.13. The molecule has 0 unspecified atom stereocenters. The average Bonchev–Trinajstić information content (AvgIpc) is 2.26. The van der Waals surface area contributed by atoms with Crippen molar-refractivity contribution < 1.29 is 0 Å². The molecule has 0 atom stereocenters. The molecule has 1 aliphatic rings. The molecule has 1 fully saturated rings. The van der Waals surface area contributed by atoms with Crippen LogP contribution in [0.4, 0.5) is 0 Å². The van der Waals surface area contributed by atoms with Gasteiger partial charge in [0.15, 0.2) is 0 Å². The first-order valence-electron chi connectivity index (χ1n) is 7.13.